The van der Waals surface area contributed by atoms with Crippen LogP contribution in [0.3, 0.4) is 0 Å². The third-order valence-electron chi connectivity index (χ3n) is 10.3. The summed E-state index contributed by atoms with van der Waals surface area (Å²) < 4.78 is 72.8. The normalized spacial score (nSPS) is 19.3. The number of aliphatic carboxylic acids is 1. The molecule has 0 fully saturated rings. The maximum absolute atomic E-state index is 11.9. The van der Waals surface area contributed by atoms with Crippen LogP contribution in [-0.2, 0) is 42.3 Å². The number of carbonyl (C=O) groups is 1. The Hall–Kier alpha value is -1.36. The topological polar surface area (TPSA) is 158 Å². The molecule has 1 aliphatic carbocycles. The summed E-state index contributed by atoms with van der Waals surface area (Å²) in [5.74, 6) is -1.39. The number of unbranched alkanes of at least 4 members (excludes halogenated alkanes) is 1. The van der Waals surface area contributed by atoms with Crippen molar-refractivity contribution in [2.24, 2.45) is 0 Å². The number of rotatable bonds is 13. The summed E-state index contributed by atoms with van der Waals surface area (Å²) in [4.78, 5) is 13.5. The summed E-state index contributed by atoms with van der Waals surface area (Å²) in [5, 5.41) is 9.41. The number of allylic oxidation sites excluding steroid dienone is 8. The molecule has 0 spiro atoms. The minimum Gasteiger partial charge on any atom is -0.748 e. The molecule has 15 heteroatoms. The quantitative estimate of drug-likeness (QED) is 0.178. The van der Waals surface area contributed by atoms with Gasteiger partial charge in [-0.15, -0.1) is 0 Å². The number of carboxylic acids is 1. The van der Waals surface area contributed by atoms with Crippen LogP contribution in [0, 0.1) is 0 Å². The number of anilines is 1. The molecule has 0 aromatic heterocycles. The van der Waals surface area contributed by atoms with Gasteiger partial charge in [-0.1, -0.05) is 67.4 Å². The van der Waals surface area contributed by atoms with Gasteiger partial charge in [0.1, 0.15) is 16.7 Å². The molecule has 2 aliphatic heterocycles. The zero-order chi connectivity index (χ0) is 38.2. The van der Waals surface area contributed by atoms with E-state index in [2.05, 4.69) is 53.8 Å². The Labute approximate surface area is 372 Å². The Balaban J connectivity index is 0.00000392. The number of benzene rings is 2. The summed E-state index contributed by atoms with van der Waals surface area (Å²) in [7, 11) is -9.13. The second-order valence-electron chi connectivity index (χ2n) is 14.7. The second-order valence-corrected chi connectivity index (χ2v) is 18.4. The van der Waals surface area contributed by atoms with Gasteiger partial charge >= 0.3 is 65.1 Å². The summed E-state index contributed by atoms with van der Waals surface area (Å²) in [6.07, 6.45) is 13.0. The molecule has 280 valence electrons. The molecule has 0 amide bonds. The van der Waals surface area contributed by atoms with Gasteiger partial charge in [0.05, 0.1) is 26.8 Å². The van der Waals surface area contributed by atoms with Crippen LogP contribution in [0.25, 0.3) is 0 Å². The van der Waals surface area contributed by atoms with E-state index in [4.69, 9.17) is 0 Å². The molecule has 0 atom stereocenters. The number of nitrogens with zero attached hydrogens (tertiary/aromatic N) is 2. The minimum atomic E-state index is -4.70. The van der Waals surface area contributed by atoms with Gasteiger partial charge in [-0.3, -0.25) is 4.79 Å². The second kappa shape index (κ2) is 18.5. The number of hydrogen-bond acceptors (Lipinski definition) is 8. The molecule has 5 rings (SSSR count). The van der Waals surface area contributed by atoms with Crippen LogP contribution in [0.15, 0.2) is 86.9 Å². The Bertz CT molecular complexity index is 2170. The van der Waals surface area contributed by atoms with Crippen LogP contribution in [0.2, 0.25) is 0 Å². The Morgan fingerprint density at radius 3 is 2.28 bits per heavy atom. The number of halogens is 1. The van der Waals surface area contributed by atoms with E-state index in [1.54, 1.807) is 6.07 Å². The molecule has 54 heavy (non-hydrogen) atoms. The summed E-state index contributed by atoms with van der Waals surface area (Å²) in [6, 6.07) is 10.2. The van der Waals surface area contributed by atoms with Gasteiger partial charge in [0.2, 0.25) is 5.69 Å². The first-order valence-corrected chi connectivity index (χ1v) is 21.3. The average Bonchev–Trinajstić information content (AvgIpc) is 3.39. The predicted octanol–water partition coefficient (Wildman–Crippen LogP) is 1.33. The maximum atomic E-state index is 11.9. The largest absolute Gasteiger partial charge is 1.00 e. The molecular formula is C39H46BrN2Na2O8S2+. The first-order valence-electron chi connectivity index (χ1n) is 17.6. The van der Waals surface area contributed by atoms with Gasteiger partial charge in [0.25, 0.3) is 0 Å². The van der Waals surface area contributed by atoms with Gasteiger partial charge < -0.3 is 19.1 Å². The van der Waals surface area contributed by atoms with Crippen LogP contribution in [0.4, 0.5) is 11.4 Å². The molecule has 2 aromatic carbocycles. The van der Waals surface area contributed by atoms with Crippen LogP contribution in [0.5, 0.6) is 0 Å². The van der Waals surface area contributed by atoms with E-state index in [1.807, 2.05) is 48.8 Å². The standard InChI is InChI=1S/C39H47BrN2O8S2.2Na/c1-6-7-20-41-32-16-12-26(24-36(43)44)23-30(32)38(2,3)34(41)18-13-27-10-8-11-28(37(27)40)14-19-35-39(4,5)31-25-29(52(48,49)50)15-17-33(31)42(35)21-9-22-51(45,46)47;;/h12-19,23,25H,6-11,20-22,24H2,1-5H3,(H2-,43,44,45,46,47,48,49,50);;/q;2*+1/p-1. The van der Waals surface area contributed by atoms with Crippen molar-refractivity contribution in [2.75, 3.05) is 23.7 Å². The van der Waals surface area contributed by atoms with E-state index in [-0.39, 0.29) is 88.8 Å². The van der Waals surface area contributed by atoms with Crippen molar-refractivity contribution in [1.29, 1.82) is 0 Å². The Morgan fingerprint density at radius 1 is 0.944 bits per heavy atom. The van der Waals surface area contributed by atoms with E-state index >= 15 is 0 Å². The van der Waals surface area contributed by atoms with Crippen LogP contribution >= 0.6 is 15.9 Å². The van der Waals surface area contributed by atoms with E-state index < -0.39 is 37.4 Å². The van der Waals surface area contributed by atoms with Crippen molar-refractivity contribution in [2.45, 2.75) is 95.3 Å². The molecule has 2 heterocycles. The van der Waals surface area contributed by atoms with Gasteiger partial charge in [-0.05, 0) is 86.1 Å². The molecule has 0 bridgehead atoms. The van der Waals surface area contributed by atoms with E-state index in [1.165, 1.54) is 12.1 Å². The smallest absolute Gasteiger partial charge is 0.748 e. The van der Waals surface area contributed by atoms with Crippen LogP contribution in [0.1, 0.15) is 89.8 Å². The number of carboxylic acid groups (broad SMARTS) is 1. The summed E-state index contributed by atoms with van der Waals surface area (Å²) >= 11 is 3.89. The molecule has 0 radical (unpaired) electrons. The van der Waals surface area contributed by atoms with Gasteiger partial charge in [0, 0.05) is 57.7 Å². The van der Waals surface area contributed by atoms with E-state index in [9.17, 15) is 35.8 Å². The fourth-order valence-corrected chi connectivity index (χ4v) is 9.22. The van der Waals surface area contributed by atoms with Crippen molar-refractivity contribution in [3.63, 3.8) is 0 Å². The Morgan fingerprint density at radius 2 is 1.65 bits per heavy atom. The van der Waals surface area contributed by atoms with Crippen LogP contribution < -0.4 is 64.0 Å². The van der Waals surface area contributed by atoms with Gasteiger partial charge in [-0.25, -0.2) is 16.8 Å². The van der Waals surface area contributed by atoms with Gasteiger partial charge in [0.15, 0.2) is 5.71 Å². The molecule has 2 aromatic rings. The molecule has 10 nitrogen and oxygen atoms in total. The first-order chi connectivity index (χ1) is 24.3. The van der Waals surface area contributed by atoms with E-state index in [0.717, 1.165) is 82.5 Å². The fourth-order valence-electron chi connectivity index (χ4n) is 7.58. The zero-order valence-electron chi connectivity index (χ0n) is 32.2. The minimum absolute atomic E-state index is 0. The monoisotopic (exact) mass is 859 g/mol. The number of fused-ring (bicyclic) bond motifs is 2. The predicted molar refractivity (Wildman–Crippen MR) is 205 cm³/mol. The van der Waals surface area contributed by atoms with Crippen molar-refractivity contribution in [3.8, 4) is 0 Å². The molecule has 0 unspecified atom stereocenters. The summed E-state index contributed by atoms with van der Waals surface area (Å²) in [5.41, 5.74) is 7.34. The first kappa shape index (κ1) is 47.0. The average molecular weight is 861 g/mol. The van der Waals surface area contributed by atoms with Crippen molar-refractivity contribution in [3.05, 3.63) is 98.7 Å². The maximum Gasteiger partial charge on any atom is 1.00 e. The third kappa shape index (κ3) is 10.4. The van der Waals surface area contributed by atoms with Crippen molar-refractivity contribution in [1.82, 2.24) is 0 Å². The van der Waals surface area contributed by atoms with Crippen LogP contribution in [-0.4, -0.2) is 66.1 Å². The summed E-state index contributed by atoms with van der Waals surface area (Å²) in [6.45, 7) is 11.4. The van der Waals surface area contributed by atoms with Crippen molar-refractivity contribution >= 4 is 59.2 Å². The Kier molecular flexibility index (Phi) is 16.1. The van der Waals surface area contributed by atoms with Crippen molar-refractivity contribution < 1.29 is 99.5 Å². The molecule has 1 N–H and O–H groups in total. The SMILES string of the molecule is CCCCN1C(=CC=C2CCCC(C=CC3=[N+](CCCS(=O)(=O)[O-])c4ccc(S(=O)(=O)[O-])cc4C3(C)C)=C2Br)C(C)(C)c2cc(CC(=O)O)ccc21.[Na+].[Na+]. The zero-order valence-corrected chi connectivity index (χ0v) is 39.5. The van der Waals surface area contributed by atoms with Gasteiger partial charge in [-0.2, -0.15) is 4.58 Å². The number of hydrogen-bond donors (Lipinski definition) is 1. The fraction of sp³-hybridized carbons (Fsp3) is 0.436. The van der Waals surface area contributed by atoms with E-state index in [0.29, 0.717) is 11.3 Å². The molecule has 0 saturated carbocycles. The molecular weight excluding hydrogens is 814 g/mol. The third-order valence-corrected chi connectivity index (χ3v) is 13.0. The molecule has 0 saturated heterocycles. The molecule has 3 aliphatic rings.